The summed E-state index contributed by atoms with van der Waals surface area (Å²) in [7, 11) is 0. The highest BCUT2D eigenvalue weighted by Gasteiger charge is 2.48. The SMILES string of the molecule is CCCOc1ccc(C(O)=C2C(=O)C(=O)N(c3nc4c(C)cc(C)cc4s3)C2c2ccc(OCC)cc2)cc1. The average Bonchev–Trinajstić information content (AvgIpc) is 3.46. The van der Waals surface area contributed by atoms with Crippen LogP contribution in [0.4, 0.5) is 5.13 Å². The average molecular weight is 543 g/mol. The number of nitrogens with zero attached hydrogens (tertiary/aromatic N) is 2. The summed E-state index contributed by atoms with van der Waals surface area (Å²) in [6.45, 7) is 9.00. The van der Waals surface area contributed by atoms with E-state index in [1.54, 1.807) is 36.4 Å². The largest absolute Gasteiger partial charge is 0.507 e. The van der Waals surface area contributed by atoms with Crippen molar-refractivity contribution in [2.45, 2.75) is 40.2 Å². The molecule has 200 valence electrons. The first-order valence-corrected chi connectivity index (χ1v) is 13.8. The third-order valence-corrected chi connectivity index (χ3v) is 7.58. The molecule has 1 fully saturated rings. The summed E-state index contributed by atoms with van der Waals surface area (Å²) in [6.07, 6.45) is 0.873. The van der Waals surface area contributed by atoms with Crippen molar-refractivity contribution >= 4 is 44.1 Å². The molecule has 1 atom stereocenters. The van der Waals surface area contributed by atoms with Crippen LogP contribution in [0.3, 0.4) is 0 Å². The molecule has 1 aliphatic rings. The van der Waals surface area contributed by atoms with Crippen molar-refractivity contribution in [2.24, 2.45) is 0 Å². The first-order chi connectivity index (χ1) is 18.8. The Morgan fingerprint density at radius 3 is 2.31 bits per heavy atom. The number of ether oxygens (including phenoxy) is 2. The summed E-state index contributed by atoms with van der Waals surface area (Å²) in [5.41, 5.74) is 3.96. The van der Waals surface area contributed by atoms with Crippen LogP contribution in [0.5, 0.6) is 11.5 Å². The number of hydrogen-bond donors (Lipinski definition) is 1. The highest BCUT2D eigenvalue weighted by Crippen LogP contribution is 2.45. The normalized spacial score (nSPS) is 16.7. The molecule has 4 aromatic rings. The molecule has 1 amide bonds. The maximum atomic E-state index is 13.6. The van der Waals surface area contributed by atoms with Crippen molar-refractivity contribution in [3.8, 4) is 11.5 Å². The van der Waals surface area contributed by atoms with Gasteiger partial charge in [0.2, 0.25) is 0 Å². The molecule has 1 saturated heterocycles. The Morgan fingerprint density at radius 1 is 0.974 bits per heavy atom. The minimum atomic E-state index is -0.862. The monoisotopic (exact) mass is 542 g/mol. The lowest BCUT2D eigenvalue weighted by Crippen LogP contribution is -2.29. The zero-order valence-corrected chi connectivity index (χ0v) is 23.2. The zero-order chi connectivity index (χ0) is 27.7. The van der Waals surface area contributed by atoms with Crippen LogP contribution in [0.2, 0.25) is 0 Å². The van der Waals surface area contributed by atoms with Gasteiger partial charge in [-0.3, -0.25) is 14.5 Å². The van der Waals surface area contributed by atoms with Gasteiger partial charge in [0.1, 0.15) is 17.3 Å². The van der Waals surface area contributed by atoms with E-state index in [4.69, 9.17) is 14.5 Å². The number of aliphatic hydroxyl groups is 1. The van der Waals surface area contributed by atoms with E-state index in [1.807, 2.05) is 52.0 Å². The molecule has 0 radical (unpaired) electrons. The van der Waals surface area contributed by atoms with E-state index < -0.39 is 17.7 Å². The predicted octanol–water partition coefficient (Wildman–Crippen LogP) is 6.73. The van der Waals surface area contributed by atoms with Gasteiger partial charge in [-0.25, -0.2) is 4.98 Å². The van der Waals surface area contributed by atoms with E-state index in [9.17, 15) is 14.7 Å². The van der Waals surface area contributed by atoms with E-state index in [2.05, 4.69) is 0 Å². The fourth-order valence-electron chi connectivity index (χ4n) is 4.80. The van der Waals surface area contributed by atoms with Gasteiger partial charge in [-0.05, 0) is 86.3 Å². The maximum Gasteiger partial charge on any atom is 0.301 e. The van der Waals surface area contributed by atoms with E-state index in [-0.39, 0.29) is 11.3 Å². The number of benzene rings is 3. The van der Waals surface area contributed by atoms with E-state index in [0.717, 1.165) is 27.8 Å². The molecule has 0 bridgehead atoms. The Hall–Kier alpha value is -4.17. The van der Waals surface area contributed by atoms with Crippen LogP contribution in [-0.4, -0.2) is 35.0 Å². The predicted molar refractivity (Wildman–Crippen MR) is 154 cm³/mol. The van der Waals surface area contributed by atoms with Gasteiger partial charge in [0.25, 0.3) is 5.78 Å². The second-order valence-corrected chi connectivity index (χ2v) is 10.5. The van der Waals surface area contributed by atoms with Crippen molar-refractivity contribution in [1.82, 2.24) is 4.98 Å². The molecule has 1 N–H and O–H groups in total. The number of amides is 1. The number of Topliss-reactive ketones (excluding diaryl/α,β-unsaturated/α-hetero) is 1. The first-order valence-electron chi connectivity index (χ1n) is 13.0. The van der Waals surface area contributed by atoms with Gasteiger partial charge in [-0.1, -0.05) is 36.5 Å². The van der Waals surface area contributed by atoms with Crippen molar-refractivity contribution in [3.05, 3.63) is 88.5 Å². The number of aromatic nitrogens is 1. The molecule has 39 heavy (non-hydrogen) atoms. The second kappa shape index (κ2) is 10.9. The van der Waals surface area contributed by atoms with Crippen LogP contribution in [-0.2, 0) is 9.59 Å². The number of hydrogen-bond acceptors (Lipinski definition) is 7. The minimum Gasteiger partial charge on any atom is -0.507 e. The number of ketones is 1. The molecule has 1 unspecified atom stereocenters. The Bertz CT molecular complexity index is 1570. The molecule has 2 heterocycles. The number of aliphatic hydroxyl groups excluding tert-OH is 1. The molecule has 1 aromatic heterocycles. The Morgan fingerprint density at radius 2 is 1.64 bits per heavy atom. The van der Waals surface area contributed by atoms with Gasteiger partial charge in [-0.15, -0.1) is 0 Å². The lowest BCUT2D eigenvalue weighted by atomic mass is 9.95. The Balaban J connectivity index is 1.65. The third kappa shape index (κ3) is 5.00. The van der Waals surface area contributed by atoms with Gasteiger partial charge in [0.15, 0.2) is 5.13 Å². The summed E-state index contributed by atoms with van der Waals surface area (Å²) in [6, 6.07) is 17.3. The summed E-state index contributed by atoms with van der Waals surface area (Å²) in [5, 5.41) is 11.8. The maximum absolute atomic E-state index is 13.6. The highest BCUT2D eigenvalue weighted by molar-refractivity contribution is 7.22. The summed E-state index contributed by atoms with van der Waals surface area (Å²) in [5.74, 6) is -0.398. The van der Waals surface area contributed by atoms with Crippen LogP contribution >= 0.6 is 11.3 Å². The number of carbonyl (C=O) groups excluding carboxylic acids is 2. The lowest BCUT2D eigenvalue weighted by molar-refractivity contribution is -0.132. The summed E-state index contributed by atoms with van der Waals surface area (Å²) < 4.78 is 12.2. The molecule has 3 aromatic carbocycles. The zero-order valence-electron chi connectivity index (χ0n) is 22.4. The van der Waals surface area contributed by atoms with Crippen LogP contribution in [0.1, 0.15) is 48.6 Å². The van der Waals surface area contributed by atoms with Gasteiger partial charge < -0.3 is 14.6 Å². The molecular weight excluding hydrogens is 512 g/mol. The first kappa shape index (κ1) is 26.4. The smallest absolute Gasteiger partial charge is 0.301 e. The number of carbonyl (C=O) groups is 2. The summed E-state index contributed by atoms with van der Waals surface area (Å²) >= 11 is 1.35. The van der Waals surface area contributed by atoms with Crippen molar-refractivity contribution in [1.29, 1.82) is 0 Å². The van der Waals surface area contributed by atoms with Crippen molar-refractivity contribution in [2.75, 3.05) is 18.1 Å². The molecule has 7 nitrogen and oxygen atoms in total. The highest BCUT2D eigenvalue weighted by atomic mass is 32.1. The molecule has 8 heteroatoms. The van der Waals surface area contributed by atoms with Crippen molar-refractivity contribution < 1.29 is 24.2 Å². The van der Waals surface area contributed by atoms with E-state index in [1.165, 1.54) is 16.2 Å². The number of thiazole rings is 1. The van der Waals surface area contributed by atoms with Crippen LogP contribution in [0.15, 0.2) is 66.2 Å². The topological polar surface area (TPSA) is 89.0 Å². The Labute approximate surface area is 231 Å². The van der Waals surface area contributed by atoms with Crippen LogP contribution in [0.25, 0.3) is 16.0 Å². The molecular formula is C31H30N2O5S. The number of fused-ring (bicyclic) bond motifs is 1. The summed E-state index contributed by atoms with van der Waals surface area (Å²) in [4.78, 5) is 33.3. The fourth-order valence-corrected chi connectivity index (χ4v) is 5.97. The fraction of sp³-hybridized carbons (Fsp3) is 0.258. The van der Waals surface area contributed by atoms with Crippen LogP contribution < -0.4 is 14.4 Å². The third-order valence-electron chi connectivity index (χ3n) is 6.58. The van der Waals surface area contributed by atoms with Gasteiger partial charge in [0.05, 0.1) is 35.0 Å². The number of anilines is 1. The Kier molecular flexibility index (Phi) is 7.39. The number of aryl methyl sites for hydroxylation is 2. The van der Waals surface area contributed by atoms with Gasteiger partial charge in [0, 0.05) is 5.56 Å². The molecule has 5 rings (SSSR count). The number of rotatable bonds is 8. The quantitative estimate of drug-likeness (QED) is 0.151. The molecule has 0 spiro atoms. The van der Waals surface area contributed by atoms with E-state index in [0.29, 0.717) is 41.0 Å². The second-order valence-electron chi connectivity index (χ2n) is 9.47. The minimum absolute atomic E-state index is 0.0125. The molecule has 1 aliphatic heterocycles. The van der Waals surface area contributed by atoms with Gasteiger partial charge in [-0.2, -0.15) is 0 Å². The lowest BCUT2D eigenvalue weighted by Gasteiger charge is -2.23. The van der Waals surface area contributed by atoms with Gasteiger partial charge >= 0.3 is 5.91 Å². The molecule has 0 aliphatic carbocycles. The standard InChI is InChI=1S/C31H30N2O5S/c1-5-15-38-23-13-9-21(10-14-23)28(34)25-27(20-7-11-22(12-8-20)37-6-2)33(30(36)29(25)35)31-32-26-19(4)16-18(3)17-24(26)39-31/h7-14,16-17,27,34H,5-6,15H2,1-4H3. The van der Waals surface area contributed by atoms with Crippen molar-refractivity contribution in [3.63, 3.8) is 0 Å². The molecule has 0 saturated carbocycles. The van der Waals surface area contributed by atoms with E-state index >= 15 is 0 Å². The van der Waals surface area contributed by atoms with Crippen LogP contribution in [0, 0.1) is 13.8 Å².